The van der Waals surface area contributed by atoms with E-state index in [2.05, 4.69) is 20.6 Å². The van der Waals surface area contributed by atoms with Crippen LogP contribution in [0.25, 0.3) is 12.2 Å². The number of Topliss-reactive ketones (excluding diaryl/α,β-unsaturated/α-hetero) is 1. The van der Waals surface area contributed by atoms with Crippen molar-refractivity contribution >= 4 is 33.4 Å². The molecule has 0 radical (unpaired) electrons. The Hall–Kier alpha value is -2.77. The van der Waals surface area contributed by atoms with E-state index in [1.54, 1.807) is 69.4 Å². The Morgan fingerprint density at radius 3 is 2.30 bits per heavy atom. The summed E-state index contributed by atoms with van der Waals surface area (Å²) in [6, 6.07) is 1.79. The summed E-state index contributed by atoms with van der Waals surface area (Å²) in [5, 5.41) is 2.71. The van der Waals surface area contributed by atoms with Gasteiger partial charge in [0.05, 0.1) is 17.0 Å². The van der Waals surface area contributed by atoms with Crippen molar-refractivity contribution in [2.24, 2.45) is 0 Å². The summed E-state index contributed by atoms with van der Waals surface area (Å²) < 4.78 is 6.99. The number of carbonyl (C=O) groups is 2. The lowest BCUT2D eigenvalue weighted by Gasteiger charge is -2.19. The first-order valence-electron chi connectivity index (χ1n) is 9.48. The lowest BCUT2D eigenvalue weighted by molar-refractivity contribution is 0.0546. The maximum atomic E-state index is 13.0. The highest BCUT2D eigenvalue weighted by Gasteiger charge is 2.20. The number of nitrogens with zero attached hydrogens (tertiary/aromatic N) is 2. The number of ether oxygens (including phenoxy) is 1. The molecule has 1 heterocycles. The van der Waals surface area contributed by atoms with Gasteiger partial charge in [-0.15, -0.1) is 6.42 Å². The third-order valence-electron chi connectivity index (χ3n) is 3.62. The molecular weight excluding hydrogens is 397 g/mol. The van der Waals surface area contributed by atoms with Crippen LogP contribution in [0.5, 0.6) is 0 Å². The summed E-state index contributed by atoms with van der Waals surface area (Å²) in [7, 11) is 6.15. The third kappa shape index (κ3) is 7.57. The quantitative estimate of drug-likeness (QED) is 0.308. The second-order valence-corrected chi connectivity index (χ2v) is 8.91. The van der Waals surface area contributed by atoms with E-state index in [1.165, 1.54) is 0 Å². The summed E-state index contributed by atoms with van der Waals surface area (Å²) in [5.41, 5.74) is 3.30. The van der Waals surface area contributed by atoms with Crippen LogP contribution in [-0.2, 0) is 4.74 Å². The molecule has 1 amide bonds. The van der Waals surface area contributed by atoms with Gasteiger partial charge in [0.15, 0.2) is 0 Å². The minimum Gasteiger partial charge on any atom is -0.444 e. The van der Waals surface area contributed by atoms with Gasteiger partial charge in [-0.25, -0.2) is 4.79 Å². The van der Waals surface area contributed by atoms with Gasteiger partial charge in [0.2, 0.25) is 5.78 Å². The fourth-order valence-electron chi connectivity index (χ4n) is 2.58. The van der Waals surface area contributed by atoms with Gasteiger partial charge in [-0.05, 0) is 63.1 Å². The highest BCUT2D eigenvalue weighted by Crippen LogP contribution is 2.26. The smallest absolute Gasteiger partial charge is 0.411 e. The predicted octanol–water partition coefficient (Wildman–Crippen LogP) is 4.70. The van der Waals surface area contributed by atoms with E-state index in [0.29, 0.717) is 11.4 Å². The van der Waals surface area contributed by atoms with Crippen molar-refractivity contribution in [2.75, 3.05) is 14.1 Å². The molecule has 30 heavy (non-hydrogen) atoms. The van der Waals surface area contributed by atoms with Crippen molar-refractivity contribution in [3.8, 4) is 12.3 Å². The number of alkyl carbamates (subject to hydrolysis) is 1. The van der Waals surface area contributed by atoms with Crippen LogP contribution in [-0.4, -0.2) is 40.8 Å². The molecule has 0 saturated carbocycles. The van der Waals surface area contributed by atoms with E-state index in [0.717, 1.165) is 16.8 Å². The summed E-state index contributed by atoms with van der Waals surface area (Å²) in [4.78, 5) is 26.8. The maximum absolute atomic E-state index is 13.0. The molecule has 0 aliphatic rings. The molecule has 1 aromatic rings. The van der Waals surface area contributed by atoms with Crippen LogP contribution in [0.2, 0.25) is 0 Å². The first-order chi connectivity index (χ1) is 13.7. The molecule has 0 spiro atoms. The molecule has 0 fully saturated rings. The number of hydrogen-bond donors (Lipinski definition) is 1. The molecule has 162 valence electrons. The van der Waals surface area contributed by atoms with Gasteiger partial charge in [0, 0.05) is 31.6 Å². The first kappa shape index (κ1) is 25.3. The number of nitrogens with one attached hydrogen (secondary N) is 1. The maximum Gasteiger partial charge on any atom is 0.411 e. The summed E-state index contributed by atoms with van der Waals surface area (Å²) in [6.07, 6.45) is 10.4. The van der Waals surface area contributed by atoms with Gasteiger partial charge in [0.1, 0.15) is 5.60 Å². The number of amides is 1. The van der Waals surface area contributed by atoms with Crippen LogP contribution in [0.3, 0.4) is 0 Å². The van der Waals surface area contributed by atoms with Crippen LogP contribution in [0.4, 0.5) is 4.79 Å². The van der Waals surface area contributed by atoms with Crippen molar-refractivity contribution in [3.05, 3.63) is 46.1 Å². The lowest BCUT2D eigenvalue weighted by Crippen LogP contribution is -2.31. The van der Waals surface area contributed by atoms with E-state index < -0.39 is 11.7 Å². The van der Waals surface area contributed by atoms with Crippen molar-refractivity contribution in [1.29, 1.82) is 0 Å². The fraction of sp³-hybridized carbons (Fsp3) is 0.391. The normalized spacial score (nSPS) is 12.1. The van der Waals surface area contributed by atoms with E-state index >= 15 is 0 Å². The molecule has 0 saturated heterocycles. The number of carbonyl (C=O) groups excluding carboxylic acids is 2. The van der Waals surface area contributed by atoms with Gasteiger partial charge in [-0.3, -0.25) is 10.1 Å². The van der Waals surface area contributed by atoms with Crippen LogP contribution in [0.15, 0.2) is 29.1 Å². The lowest BCUT2D eigenvalue weighted by atomic mass is 10.1. The molecule has 7 heteroatoms. The largest absolute Gasteiger partial charge is 0.444 e. The molecule has 1 atom stereocenters. The topological polar surface area (TPSA) is 63.6 Å². The molecule has 0 aliphatic carbocycles. The number of aromatic nitrogens is 1. The summed E-state index contributed by atoms with van der Waals surface area (Å²) in [5.74, 6) is 2.20. The van der Waals surface area contributed by atoms with Crippen LogP contribution in [0.1, 0.15) is 63.3 Å². The zero-order valence-corrected chi connectivity index (χ0v) is 20.2. The molecule has 1 unspecified atom stereocenters. The SMILES string of the molecule is C#C/C(=C\N(C)C)C(=O)c1cc(C=C(C)C)c(/C=C(\C)NC(=O)OC(C)(C)C)n1P. The molecule has 1 aromatic heterocycles. The number of ketones is 1. The standard InChI is InChI=1S/C23H32N3O3P/c1-10-17(14-25(8)9)21(27)20-13-18(11-15(2)3)19(26(20)30)12-16(4)24-22(28)29-23(5,6)7/h1,11-14H,30H2,2-9H3,(H,24,28)/b16-12+,17-14+. The van der Waals surface area contributed by atoms with Crippen LogP contribution < -0.4 is 5.32 Å². The third-order valence-corrected chi connectivity index (χ3v) is 4.18. The second-order valence-electron chi connectivity index (χ2n) is 8.40. The van der Waals surface area contributed by atoms with Crippen molar-refractivity contribution in [2.45, 2.75) is 47.1 Å². The Kier molecular flexibility index (Phi) is 8.69. The average molecular weight is 430 g/mol. The molecule has 0 aromatic carbocycles. The van der Waals surface area contributed by atoms with Gasteiger partial charge in [-0.1, -0.05) is 17.6 Å². The first-order valence-corrected chi connectivity index (χ1v) is 10.0. The minimum atomic E-state index is -0.595. The number of terminal acetylenes is 1. The Morgan fingerprint density at radius 1 is 1.23 bits per heavy atom. The van der Waals surface area contributed by atoms with E-state index in [9.17, 15) is 9.59 Å². The Labute approximate surface area is 182 Å². The van der Waals surface area contributed by atoms with E-state index in [4.69, 9.17) is 11.2 Å². The number of hydrogen-bond acceptors (Lipinski definition) is 4. The average Bonchev–Trinajstić information content (AvgIpc) is 2.85. The van der Waals surface area contributed by atoms with Gasteiger partial charge in [-0.2, -0.15) is 0 Å². The molecule has 1 N–H and O–H groups in total. The van der Waals surface area contributed by atoms with Crippen molar-refractivity contribution in [3.63, 3.8) is 0 Å². The summed E-state index contributed by atoms with van der Waals surface area (Å²) >= 11 is 0. The van der Waals surface area contributed by atoms with Crippen LogP contribution >= 0.6 is 9.39 Å². The highest BCUT2D eigenvalue weighted by atomic mass is 31.0. The Bertz CT molecular complexity index is 948. The number of rotatable bonds is 6. The zero-order chi connectivity index (χ0) is 23.2. The van der Waals surface area contributed by atoms with Gasteiger partial charge >= 0.3 is 6.09 Å². The Morgan fingerprint density at radius 2 is 1.83 bits per heavy atom. The zero-order valence-electron chi connectivity index (χ0n) is 19.1. The monoisotopic (exact) mass is 429 g/mol. The molecule has 1 rings (SSSR count). The predicted molar refractivity (Wildman–Crippen MR) is 127 cm³/mol. The molecule has 0 aliphatic heterocycles. The van der Waals surface area contributed by atoms with Crippen molar-refractivity contribution in [1.82, 2.24) is 14.6 Å². The number of allylic oxidation sites excluding steroid dienone is 3. The molecular formula is C23H32N3O3P. The molecule has 0 bridgehead atoms. The highest BCUT2D eigenvalue weighted by molar-refractivity contribution is 7.14. The second kappa shape index (κ2) is 10.3. The van der Waals surface area contributed by atoms with E-state index in [1.807, 2.05) is 19.9 Å². The van der Waals surface area contributed by atoms with Crippen LogP contribution in [0, 0.1) is 12.3 Å². The fourth-order valence-corrected chi connectivity index (χ4v) is 2.99. The Balaban J connectivity index is 3.42. The molecule has 6 nitrogen and oxygen atoms in total. The van der Waals surface area contributed by atoms with E-state index in [-0.39, 0.29) is 11.4 Å². The minimum absolute atomic E-state index is 0.254. The van der Waals surface area contributed by atoms with Gasteiger partial charge < -0.3 is 14.0 Å². The summed E-state index contributed by atoms with van der Waals surface area (Å²) in [6.45, 7) is 11.1. The van der Waals surface area contributed by atoms with Gasteiger partial charge in [0.25, 0.3) is 0 Å². The van der Waals surface area contributed by atoms with Crippen molar-refractivity contribution < 1.29 is 14.3 Å².